The summed E-state index contributed by atoms with van der Waals surface area (Å²) in [6.45, 7) is 2.49. The molecule has 0 unspecified atom stereocenters. The molecule has 1 heterocycles. The Hall–Kier alpha value is -1.10. The number of amides is 2. The van der Waals surface area contributed by atoms with Crippen LogP contribution in [0.3, 0.4) is 0 Å². The minimum Gasteiger partial charge on any atom is -0.354 e. The summed E-state index contributed by atoms with van der Waals surface area (Å²) < 4.78 is 0. The third-order valence-corrected chi connectivity index (χ3v) is 7.16. The van der Waals surface area contributed by atoms with Gasteiger partial charge in [-0.1, -0.05) is 32.1 Å². The van der Waals surface area contributed by atoms with Gasteiger partial charge in [0, 0.05) is 37.0 Å². The number of likely N-dealkylation sites (N-methyl/N-ethyl adjacent to an activating group) is 1. The topological polar surface area (TPSA) is 52.7 Å². The molecule has 2 aliphatic carbocycles. The van der Waals surface area contributed by atoms with E-state index in [9.17, 15) is 9.59 Å². The molecule has 1 saturated heterocycles. The van der Waals surface area contributed by atoms with Crippen molar-refractivity contribution in [3.05, 3.63) is 0 Å². The number of nitrogens with zero attached hydrogens (tertiary/aromatic N) is 2. The van der Waals surface area contributed by atoms with Crippen molar-refractivity contribution in [3.63, 3.8) is 0 Å². The van der Waals surface area contributed by atoms with E-state index in [1.807, 2.05) is 4.90 Å². The Kier molecular flexibility index (Phi) is 6.60. The molecule has 2 amide bonds. The van der Waals surface area contributed by atoms with E-state index in [1.165, 1.54) is 19.3 Å². The minimum absolute atomic E-state index is 0.0940. The second-order valence-corrected chi connectivity index (χ2v) is 8.93. The van der Waals surface area contributed by atoms with Crippen LogP contribution in [0.15, 0.2) is 0 Å². The average molecular weight is 364 g/mol. The first-order valence-corrected chi connectivity index (χ1v) is 10.8. The van der Waals surface area contributed by atoms with E-state index in [0.29, 0.717) is 0 Å². The molecule has 3 rings (SSSR count). The molecule has 26 heavy (non-hydrogen) atoms. The lowest BCUT2D eigenvalue weighted by molar-refractivity contribution is -0.143. The van der Waals surface area contributed by atoms with E-state index in [2.05, 4.69) is 24.3 Å². The van der Waals surface area contributed by atoms with Gasteiger partial charge in [0.25, 0.3) is 0 Å². The molecule has 0 bridgehead atoms. The van der Waals surface area contributed by atoms with Gasteiger partial charge in [0.15, 0.2) is 0 Å². The van der Waals surface area contributed by atoms with Crippen molar-refractivity contribution in [2.24, 2.45) is 11.8 Å². The molecule has 3 fully saturated rings. The first-order chi connectivity index (χ1) is 12.5. The first-order valence-electron chi connectivity index (χ1n) is 10.8. The molecule has 5 nitrogen and oxygen atoms in total. The lowest BCUT2D eigenvalue weighted by atomic mass is 9.77. The summed E-state index contributed by atoms with van der Waals surface area (Å²) in [5.74, 6) is 0.138. The van der Waals surface area contributed by atoms with Gasteiger partial charge in [-0.25, -0.2) is 0 Å². The molecule has 5 heteroatoms. The summed E-state index contributed by atoms with van der Waals surface area (Å²) >= 11 is 0. The maximum atomic E-state index is 13.0. The number of carbonyl (C=O) groups is 2. The second kappa shape index (κ2) is 8.73. The van der Waals surface area contributed by atoms with Crippen LogP contribution < -0.4 is 5.32 Å². The standard InChI is InChI=1S/C21H37N3O2/c1-23(2)21(12-6-3-7-13-21)16-22-19(25)17-10-4-5-11-18(17)20(26)24-14-8-9-15-24/h17-18H,3-16H2,1-2H3,(H,22,25)/t17-,18+/m0/s1. The molecule has 0 radical (unpaired) electrons. The van der Waals surface area contributed by atoms with Crippen LogP contribution in [-0.2, 0) is 9.59 Å². The van der Waals surface area contributed by atoms with Crippen molar-refractivity contribution >= 4 is 11.8 Å². The van der Waals surface area contributed by atoms with Crippen molar-refractivity contribution in [1.82, 2.24) is 15.1 Å². The predicted molar refractivity (Wildman–Crippen MR) is 104 cm³/mol. The third kappa shape index (κ3) is 4.24. The van der Waals surface area contributed by atoms with Crippen LogP contribution in [0.1, 0.15) is 70.6 Å². The van der Waals surface area contributed by atoms with Crippen LogP contribution in [0.2, 0.25) is 0 Å². The number of carbonyl (C=O) groups excluding carboxylic acids is 2. The van der Waals surface area contributed by atoms with Gasteiger partial charge in [-0.05, 0) is 52.6 Å². The SMILES string of the molecule is CN(C)C1(CNC(=O)[C@H]2CCCC[C@H]2C(=O)N2CCCC2)CCCCC1. The van der Waals surface area contributed by atoms with Crippen LogP contribution in [0, 0.1) is 11.8 Å². The van der Waals surface area contributed by atoms with E-state index in [1.54, 1.807) is 0 Å². The molecule has 3 aliphatic rings. The summed E-state index contributed by atoms with van der Waals surface area (Å²) in [5, 5.41) is 3.27. The summed E-state index contributed by atoms with van der Waals surface area (Å²) in [4.78, 5) is 30.3. The van der Waals surface area contributed by atoms with Crippen LogP contribution in [0.4, 0.5) is 0 Å². The van der Waals surface area contributed by atoms with Gasteiger partial charge in [0.2, 0.25) is 11.8 Å². The van der Waals surface area contributed by atoms with Gasteiger partial charge < -0.3 is 15.1 Å². The second-order valence-electron chi connectivity index (χ2n) is 8.93. The first kappa shape index (κ1) is 19.7. The van der Waals surface area contributed by atoms with E-state index < -0.39 is 0 Å². The summed E-state index contributed by atoms with van der Waals surface area (Å²) in [7, 11) is 4.27. The number of nitrogens with one attached hydrogen (secondary N) is 1. The largest absolute Gasteiger partial charge is 0.354 e. The highest BCUT2D eigenvalue weighted by Gasteiger charge is 2.40. The Morgan fingerprint density at radius 1 is 0.923 bits per heavy atom. The van der Waals surface area contributed by atoms with Gasteiger partial charge in [-0.2, -0.15) is 0 Å². The smallest absolute Gasteiger partial charge is 0.226 e. The van der Waals surface area contributed by atoms with Gasteiger partial charge >= 0.3 is 0 Å². The molecular formula is C21H37N3O2. The number of likely N-dealkylation sites (tertiary alicyclic amines) is 1. The summed E-state index contributed by atoms with van der Waals surface area (Å²) in [5.41, 5.74) is 0.0943. The highest BCUT2D eigenvalue weighted by molar-refractivity contribution is 5.88. The Labute approximate surface area is 158 Å². The highest BCUT2D eigenvalue weighted by atomic mass is 16.2. The fourth-order valence-corrected chi connectivity index (χ4v) is 5.29. The molecule has 1 N–H and O–H groups in total. The molecule has 148 valence electrons. The normalized spacial score (nSPS) is 29.0. The Morgan fingerprint density at radius 3 is 2.15 bits per heavy atom. The summed E-state index contributed by atoms with van der Waals surface area (Å²) in [6, 6.07) is 0. The van der Waals surface area contributed by atoms with E-state index in [0.717, 1.165) is 71.0 Å². The third-order valence-electron chi connectivity index (χ3n) is 7.16. The molecule has 2 saturated carbocycles. The van der Waals surface area contributed by atoms with E-state index in [-0.39, 0.29) is 29.2 Å². The monoisotopic (exact) mass is 363 g/mol. The van der Waals surface area contributed by atoms with Crippen molar-refractivity contribution in [2.45, 2.75) is 76.2 Å². The molecule has 2 atom stereocenters. The minimum atomic E-state index is -0.125. The van der Waals surface area contributed by atoms with Crippen LogP contribution in [0.25, 0.3) is 0 Å². The van der Waals surface area contributed by atoms with Crippen molar-refractivity contribution < 1.29 is 9.59 Å². The maximum Gasteiger partial charge on any atom is 0.226 e. The Balaban J connectivity index is 1.61. The van der Waals surface area contributed by atoms with Crippen molar-refractivity contribution in [2.75, 3.05) is 33.7 Å². The predicted octanol–water partition coefficient (Wildman–Crippen LogP) is 2.80. The van der Waals surface area contributed by atoms with Crippen LogP contribution in [-0.4, -0.2) is 60.9 Å². The quantitative estimate of drug-likeness (QED) is 0.817. The highest BCUT2D eigenvalue weighted by Crippen LogP contribution is 2.34. The zero-order chi connectivity index (χ0) is 18.6. The van der Waals surface area contributed by atoms with Crippen LogP contribution >= 0.6 is 0 Å². The number of hydrogen-bond donors (Lipinski definition) is 1. The van der Waals surface area contributed by atoms with Gasteiger partial charge in [-0.15, -0.1) is 0 Å². The maximum absolute atomic E-state index is 13.0. The Bertz CT molecular complexity index is 493. The fraction of sp³-hybridized carbons (Fsp3) is 0.905. The van der Waals surface area contributed by atoms with Gasteiger partial charge in [-0.3, -0.25) is 9.59 Å². The Morgan fingerprint density at radius 2 is 1.54 bits per heavy atom. The molecule has 1 aliphatic heterocycles. The number of hydrogen-bond acceptors (Lipinski definition) is 3. The summed E-state index contributed by atoms with van der Waals surface area (Å²) in [6.07, 6.45) is 12.2. The zero-order valence-electron chi connectivity index (χ0n) is 16.8. The fourth-order valence-electron chi connectivity index (χ4n) is 5.29. The van der Waals surface area contributed by atoms with Gasteiger partial charge in [0.05, 0.1) is 0 Å². The van der Waals surface area contributed by atoms with Crippen molar-refractivity contribution in [1.29, 1.82) is 0 Å². The molecule has 0 spiro atoms. The lowest BCUT2D eigenvalue weighted by Gasteiger charge is -2.43. The molecule has 0 aromatic heterocycles. The molecule has 0 aromatic rings. The molecular weight excluding hydrogens is 326 g/mol. The molecule has 0 aromatic carbocycles. The van der Waals surface area contributed by atoms with Crippen molar-refractivity contribution in [3.8, 4) is 0 Å². The van der Waals surface area contributed by atoms with E-state index in [4.69, 9.17) is 0 Å². The van der Waals surface area contributed by atoms with E-state index >= 15 is 0 Å². The van der Waals surface area contributed by atoms with Crippen LogP contribution in [0.5, 0.6) is 0 Å². The lowest BCUT2D eigenvalue weighted by Crippen LogP contribution is -2.55. The number of rotatable bonds is 5. The van der Waals surface area contributed by atoms with Gasteiger partial charge in [0.1, 0.15) is 0 Å². The average Bonchev–Trinajstić information content (AvgIpc) is 3.21. The zero-order valence-corrected chi connectivity index (χ0v) is 16.8.